The van der Waals surface area contributed by atoms with Gasteiger partial charge in [0.1, 0.15) is 11.6 Å². The number of rotatable bonds is 5. The highest BCUT2D eigenvalue weighted by Crippen LogP contribution is 2.35. The Morgan fingerprint density at radius 2 is 2.10 bits per heavy atom. The lowest BCUT2D eigenvalue weighted by Crippen LogP contribution is -2.44. The number of halogens is 1. The number of nitrogens with one attached hydrogen (secondary N) is 1. The zero-order chi connectivity index (χ0) is 15.6. The molecule has 2 rings (SSSR count). The van der Waals surface area contributed by atoms with Gasteiger partial charge in [0.15, 0.2) is 0 Å². The van der Waals surface area contributed by atoms with Crippen LogP contribution in [0.4, 0.5) is 9.18 Å². The lowest BCUT2D eigenvalue weighted by Gasteiger charge is -2.27. The van der Waals surface area contributed by atoms with E-state index in [4.69, 9.17) is 4.74 Å². The summed E-state index contributed by atoms with van der Waals surface area (Å²) in [6.45, 7) is 3.81. The molecule has 1 saturated carbocycles. The van der Waals surface area contributed by atoms with Crippen molar-refractivity contribution in [2.24, 2.45) is 5.92 Å². The maximum Gasteiger partial charge on any atom is 0.317 e. The maximum atomic E-state index is 14.0. The monoisotopic (exact) mass is 294 g/mol. The molecule has 1 aromatic rings. The molecule has 116 valence electrons. The molecular weight excluding hydrogens is 271 g/mol. The van der Waals surface area contributed by atoms with Gasteiger partial charge in [-0.2, -0.15) is 0 Å². The highest BCUT2D eigenvalue weighted by atomic mass is 19.1. The number of hydrogen-bond donors (Lipinski definition) is 1. The van der Waals surface area contributed by atoms with Crippen LogP contribution >= 0.6 is 0 Å². The van der Waals surface area contributed by atoms with E-state index in [2.05, 4.69) is 5.32 Å². The first kappa shape index (κ1) is 15.6. The zero-order valence-corrected chi connectivity index (χ0v) is 13.0. The molecule has 4 nitrogen and oxygen atoms in total. The predicted octanol–water partition coefficient (Wildman–Crippen LogP) is 3.34. The summed E-state index contributed by atoms with van der Waals surface area (Å²) in [5.41, 5.74) is 0.376. The molecule has 0 saturated heterocycles. The van der Waals surface area contributed by atoms with Gasteiger partial charge < -0.3 is 15.0 Å². The quantitative estimate of drug-likeness (QED) is 0.905. The number of urea groups is 1. The molecule has 2 amide bonds. The van der Waals surface area contributed by atoms with E-state index in [-0.39, 0.29) is 17.9 Å². The largest absolute Gasteiger partial charge is 0.496 e. The SMILES string of the molecule is COc1cccc(F)c1[C@H](C)NC(=O)N(C)[C@H](C)C1CC1. The van der Waals surface area contributed by atoms with Crippen LogP contribution in [0, 0.1) is 11.7 Å². The van der Waals surface area contributed by atoms with Gasteiger partial charge in [-0.05, 0) is 44.7 Å². The molecule has 1 N–H and O–H groups in total. The van der Waals surface area contributed by atoms with Crippen LogP contribution in [0.1, 0.15) is 38.3 Å². The fourth-order valence-electron chi connectivity index (χ4n) is 2.55. The van der Waals surface area contributed by atoms with Crippen molar-refractivity contribution in [3.63, 3.8) is 0 Å². The van der Waals surface area contributed by atoms with Crippen LogP contribution in [0.2, 0.25) is 0 Å². The second-order valence-electron chi connectivity index (χ2n) is 5.72. The van der Waals surface area contributed by atoms with Crippen LogP contribution in [0.5, 0.6) is 5.75 Å². The fourth-order valence-corrected chi connectivity index (χ4v) is 2.55. The van der Waals surface area contributed by atoms with E-state index in [1.807, 2.05) is 6.92 Å². The molecule has 0 radical (unpaired) electrons. The van der Waals surface area contributed by atoms with Crippen molar-refractivity contribution in [1.29, 1.82) is 0 Å². The van der Waals surface area contributed by atoms with Crippen LogP contribution < -0.4 is 10.1 Å². The van der Waals surface area contributed by atoms with E-state index < -0.39 is 6.04 Å². The van der Waals surface area contributed by atoms with Crippen LogP contribution in [0.3, 0.4) is 0 Å². The predicted molar refractivity (Wildman–Crippen MR) is 79.8 cm³/mol. The molecule has 0 unspecified atom stereocenters. The number of ether oxygens (including phenoxy) is 1. The van der Waals surface area contributed by atoms with E-state index in [9.17, 15) is 9.18 Å². The third-order valence-electron chi connectivity index (χ3n) is 4.24. The normalized spacial score (nSPS) is 17.0. The summed E-state index contributed by atoms with van der Waals surface area (Å²) in [6.07, 6.45) is 2.35. The van der Waals surface area contributed by atoms with E-state index in [0.29, 0.717) is 17.2 Å². The third-order valence-corrected chi connectivity index (χ3v) is 4.24. The Balaban J connectivity index is 2.07. The molecule has 5 heteroatoms. The standard InChI is InChI=1S/C16H23FN2O2/c1-10(15-13(17)6-5-7-14(15)21-4)18-16(20)19(3)11(2)12-8-9-12/h5-7,10-12H,8-9H2,1-4H3,(H,18,20)/t10-,11+/m0/s1. The van der Waals surface area contributed by atoms with Gasteiger partial charge in [-0.25, -0.2) is 9.18 Å². The van der Waals surface area contributed by atoms with Gasteiger partial charge in [0.2, 0.25) is 0 Å². The smallest absolute Gasteiger partial charge is 0.317 e. The Bertz CT molecular complexity index is 517. The molecule has 0 spiro atoms. The van der Waals surface area contributed by atoms with Gasteiger partial charge in [0, 0.05) is 13.1 Å². The van der Waals surface area contributed by atoms with Crippen LogP contribution in [0.15, 0.2) is 18.2 Å². The van der Waals surface area contributed by atoms with Crippen molar-refractivity contribution < 1.29 is 13.9 Å². The Kier molecular flexibility index (Phi) is 4.70. The van der Waals surface area contributed by atoms with E-state index in [1.165, 1.54) is 26.0 Å². The summed E-state index contributed by atoms with van der Waals surface area (Å²) in [4.78, 5) is 14.0. The second-order valence-corrected chi connectivity index (χ2v) is 5.72. The summed E-state index contributed by atoms with van der Waals surface area (Å²) < 4.78 is 19.2. The van der Waals surface area contributed by atoms with Crippen LogP contribution in [0.25, 0.3) is 0 Å². The molecule has 1 fully saturated rings. The first-order chi connectivity index (χ1) is 9.95. The third kappa shape index (κ3) is 3.46. The molecule has 0 aromatic heterocycles. The summed E-state index contributed by atoms with van der Waals surface area (Å²) >= 11 is 0. The topological polar surface area (TPSA) is 41.6 Å². The van der Waals surface area contributed by atoms with Gasteiger partial charge >= 0.3 is 6.03 Å². The minimum absolute atomic E-state index is 0.188. The minimum Gasteiger partial charge on any atom is -0.496 e. The number of amides is 2. The number of nitrogens with zero attached hydrogens (tertiary/aromatic N) is 1. The first-order valence-electron chi connectivity index (χ1n) is 7.31. The van der Waals surface area contributed by atoms with Gasteiger partial charge in [0.25, 0.3) is 0 Å². The number of hydrogen-bond acceptors (Lipinski definition) is 2. The van der Waals surface area contributed by atoms with Gasteiger partial charge in [-0.3, -0.25) is 0 Å². The molecular formula is C16H23FN2O2. The highest BCUT2D eigenvalue weighted by Gasteiger charge is 2.33. The number of methoxy groups -OCH3 is 1. The summed E-state index contributed by atoms with van der Waals surface area (Å²) in [5, 5.41) is 2.84. The van der Waals surface area contributed by atoms with E-state index in [1.54, 1.807) is 31.0 Å². The maximum absolute atomic E-state index is 14.0. The van der Waals surface area contributed by atoms with Crippen molar-refractivity contribution in [1.82, 2.24) is 10.2 Å². The summed E-state index contributed by atoms with van der Waals surface area (Å²) in [7, 11) is 3.28. The molecule has 1 aromatic carbocycles. The van der Waals surface area contributed by atoms with Crippen molar-refractivity contribution in [3.05, 3.63) is 29.6 Å². The lowest BCUT2D eigenvalue weighted by molar-refractivity contribution is 0.184. The number of benzene rings is 1. The van der Waals surface area contributed by atoms with Crippen molar-refractivity contribution in [2.45, 2.75) is 38.8 Å². The van der Waals surface area contributed by atoms with E-state index in [0.717, 1.165) is 0 Å². The molecule has 21 heavy (non-hydrogen) atoms. The summed E-state index contributed by atoms with van der Waals surface area (Å²) in [6, 6.07) is 4.22. The zero-order valence-electron chi connectivity index (χ0n) is 13.0. The van der Waals surface area contributed by atoms with Crippen molar-refractivity contribution >= 4 is 6.03 Å². The number of carbonyl (C=O) groups excluding carboxylic acids is 1. The summed E-state index contributed by atoms with van der Waals surface area (Å²) in [5.74, 6) is 0.666. The number of carbonyl (C=O) groups is 1. The molecule has 2 atom stereocenters. The second kappa shape index (κ2) is 6.33. The molecule has 0 heterocycles. The van der Waals surface area contributed by atoms with Crippen molar-refractivity contribution in [3.8, 4) is 5.75 Å². The van der Waals surface area contributed by atoms with Crippen LogP contribution in [-0.4, -0.2) is 31.1 Å². The van der Waals surface area contributed by atoms with Crippen LogP contribution in [-0.2, 0) is 0 Å². The molecule has 1 aliphatic rings. The average molecular weight is 294 g/mol. The van der Waals surface area contributed by atoms with Gasteiger partial charge in [-0.15, -0.1) is 0 Å². The van der Waals surface area contributed by atoms with Crippen molar-refractivity contribution in [2.75, 3.05) is 14.2 Å². The average Bonchev–Trinajstić information content (AvgIpc) is 3.29. The lowest BCUT2D eigenvalue weighted by atomic mass is 10.1. The fraction of sp³-hybridized carbons (Fsp3) is 0.562. The molecule has 1 aliphatic carbocycles. The van der Waals surface area contributed by atoms with E-state index >= 15 is 0 Å². The van der Waals surface area contributed by atoms with Gasteiger partial charge in [-0.1, -0.05) is 6.07 Å². The Labute approximate surface area is 125 Å². The highest BCUT2D eigenvalue weighted by molar-refractivity contribution is 5.75. The Morgan fingerprint density at radius 1 is 1.43 bits per heavy atom. The minimum atomic E-state index is -0.456. The first-order valence-corrected chi connectivity index (χ1v) is 7.31. The molecule has 0 bridgehead atoms. The Morgan fingerprint density at radius 3 is 2.67 bits per heavy atom. The molecule has 0 aliphatic heterocycles. The van der Waals surface area contributed by atoms with Gasteiger partial charge in [0.05, 0.1) is 18.7 Å². The Hall–Kier alpha value is -1.78.